The molecule has 1 aliphatic heterocycles. The highest BCUT2D eigenvalue weighted by Crippen LogP contribution is 2.34. The fourth-order valence-electron chi connectivity index (χ4n) is 3.03. The summed E-state index contributed by atoms with van der Waals surface area (Å²) in [6, 6.07) is 6.34. The third-order valence-corrected chi connectivity index (χ3v) is 4.34. The predicted molar refractivity (Wildman–Crippen MR) is 82.3 cm³/mol. The van der Waals surface area contributed by atoms with E-state index >= 15 is 0 Å². The van der Waals surface area contributed by atoms with Crippen LogP contribution in [0.25, 0.3) is 10.9 Å². The monoisotopic (exact) mass is 293 g/mol. The maximum Gasteiger partial charge on any atom is 0.0625 e. The summed E-state index contributed by atoms with van der Waals surface area (Å²) in [4.78, 5) is 5.90. The minimum atomic E-state index is 0.172. The molecular formula is C15H20ClN3O. The molecule has 20 heavy (non-hydrogen) atoms. The summed E-state index contributed by atoms with van der Waals surface area (Å²) in [6.45, 7) is 2.68. The molecule has 0 saturated heterocycles. The second kappa shape index (κ2) is 5.74. The minimum Gasteiger partial charge on any atom is -0.395 e. The van der Waals surface area contributed by atoms with E-state index < -0.39 is 0 Å². The largest absolute Gasteiger partial charge is 0.395 e. The van der Waals surface area contributed by atoms with Crippen LogP contribution in [0.1, 0.15) is 17.3 Å². The van der Waals surface area contributed by atoms with E-state index in [9.17, 15) is 0 Å². The number of aromatic amines is 1. The Labute approximate surface area is 123 Å². The van der Waals surface area contributed by atoms with E-state index in [4.69, 9.17) is 16.7 Å². The van der Waals surface area contributed by atoms with Crippen LogP contribution in [0.3, 0.4) is 0 Å². The van der Waals surface area contributed by atoms with E-state index in [1.807, 2.05) is 12.1 Å². The van der Waals surface area contributed by atoms with Crippen LogP contribution in [0.4, 0.5) is 0 Å². The number of aliphatic hydroxyl groups is 1. The Morgan fingerprint density at radius 3 is 3.15 bits per heavy atom. The van der Waals surface area contributed by atoms with Gasteiger partial charge in [-0.25, -0.2) is 0 Å². The molecule has 3 N–H and O–H groups in total. The molecule has 3 rings (SSSR count). The van der Waals surface area contributed by atoms with Crippen LogP contribution in [0.5, 0.6) is 0 Å². The van der Waals surface area contributed by atoms with Crippen molar-refractivity contribution in [2.24, 2.45) is 0 Å². The first-order chi connectivity index (χ1) is 9.70. The van der Waals surface area contributed by atoms with Gasteiger partial charge in [0.1, 0.15) is 0 Å². The molecule has 0 saturated carbocycles. The summed E-state index contributed by atoms with van der Waals surface area (Å²) in [5.41, 5.74) is 3.82. The molecule has 1 aromatic heterocycles. The maximum absolute atomic E-state index is 8.90. The second-order valence-corrected chi connectivity index (χ2v) is 5.82. The molecule has 1 aliphatic rings. The molecule has 1 unspecified atom stereocenters. The van der Waals surface area contributed by atoms with Gasteiger partial charge in [-0.15, -0.1) is 0 Å². The van der Waals surface area contributed by atoms with Crippen molar-refractivity contribution < 1.29 is 5.11 Å². The van der Waals surface area contributed by atoms with Gasteiger partial charge in [-0.05, 0) is 37.2 Å². The molecule has 0 fully saturated rings. The molecule has 5 heteroatoms. The number of likely N-dealkylation sites (N-methyl/N-ethyl adjacent to an activating group) is 1. The van der Waals surface area contributed by atoms with Gasteiger partial charge in [0.15, 0.2) is 0 Å². The summed E-state index contributed by atoms with van der Waals surface area (Å²) in [6.07, 6.45) is 1.04. The first-order valence-corrected chi connectivity index (χ1v) is 7.40. The van der Waals surface area contributed by atoms with E-state index in [1.54, 1.807) is 0 Å². The van der Waals surface area contributed by atoms with Crippen LogP contribution in [0.2, 0.25) is 5.02 Å². The van der Waals surface area contributed by atoms with Gasteiger partial charge in [0.25, 0.3) is 0 Å². The zero-order valence-electron chi connectivity index (χ0n) is 11.6. The summed E-state index contributed by atoms with van der Waals surface area (Å²) < 4.78 is 0. The highest BCUT2D eigenvalue weighted by Gasteiger charge is 2.27. The zero-order valence-corrected chi connectivity index (χ0v) is 12.4. The molecule has 4 nitrogen and oxygen atoms in total. The fraction of sp³-hybridized carbons (Fsp3) is 0.467. The van der Waals surface area contributed by atoms with Crippen LogP contribution < -0.4 is 5.32 Å². The van der Waals surface area contributed by atoms with Gasteiger partial charge >= 0.3 is 0 Å². The predicted octanol–water partition coefficient (Wildman–Crippen LogP) is 1.93. The average molecular weight is 294 g/mol. The molecule has 0 radical (unpaired) electrons. The van der Waals surface area contributed by atoms with Gasteiger partial charge in [-0.1, -0.05) is 11.6 Å². The number of H-pyrrole nitrogens is 1. The molecular weight excluding hydrogens is 274 g/mol. The van der Waals surface area contributed by atoms with Crippen molar-refractivity contribution in [3.8, 4) is 0 Å². The summed E-state index contributed by atoms with van der Waals surface area (Å²) in [5, 5.41) is 14.2. The van der Waals surface area contributed by atoms with Gasteiger partial charge in [0.2, 0.25) is 0 Å². The number of hydrogen-bond acceptors (Lipinski definition) is 3. The molecule has 2 heterocycles. The van der Waals surface area contributed by atoms with E-state index in [0.717, 1.165) is 30.0 Å². The number of rotatable bonds is 4. The number of halogens is 1. The lowest BCUT2D eigenvalue weighted by atomic mass is 9.98. The lowest BCUT2D eigenvalue weighted by Gasteiger charge is -2.33. The maximum atomic E-state index is 8.90. The van der Waals surface area contributed by atoms with Gasteiger partial charge in [-0.3, -0.25) is 4.90 Å². The van der Waals surface area contributed by atoms with Crippen molar-refractivity contribution in [2.75, 3.05) is 33.3 Å². The Bertz CT molecular complexity index is 610. The summed E-state index contributed by atoms with van der Waals surface area (Å²) in [7, 11) is 2.15. The molecule has 0 amide bonds. The van der Waals surface area contributed by atoms with Crippen molar-refractivity contribution in [3.05, 3.63) is 34.5 Å². The third kappa shape index (κ3) is 2.44. The van der Waals surface area contributed by atoms with Crippen molar-refractivity contribution >= 4 is 22.5 Å². The number of hydrogen-bond donors (Lipinski definition) is 3. The molecule has 0 spiro atoms. The van der Waals surface area contributed by atoms with E-state index in [1.165, 1.54) is 16.6 Å². The Morgan fingerprint density at radius 1 is 1.50 bits per heavy atom. The smallest absolute Gasteiger partial charge is 0.0625 e. The Kier molecular flexibility index (Phi) is 3.98. The normalized spacial score (nSPS) is 19.4. The van der Waals surface area contributed by atoms with Crippen LogP contribution >= 0.6 is 11.6 Å². The van der Waals surface area contributed by atoms with Crippen LogP contribution in [0.15, 0.2) is 18.2 Å². The first kappa shape index (κ1) is 13.9. The fourth-order valence-corrected chi connectivity index (χ4v) is 3.21. The summed E-state index contributed by atoms with van der Waals surface area (Å²) >= 11 is 6.12. The molecule has 1 aromatic carbocycles. The Morgan fingerprint density at radius 2 is 2.35 bits per heavy atom. The van der Waals surface area contributed by atoms with Crippen molar-refractivity contribution in [1.29, 1.82) is 0 Å². The van der Waals surface area contributed by atoms with Crippen molar-refractivity contribution in [1.82, 2.24) is 15.2 Å². The topological polar surface area (TPSA) is 51.3 Å². The number of benzene rings is 1. The summed E-state index contributed by atoms with van der Waals surface area (Å²) in [5.74, 6) is 0. The SMILES string of the molecule is CN1CCc2c([nH]c3ccc(Cl)cc23)C1CNCCO. The lowest BCUT2D eigenvalue weighted by Crippen LogP contribution is -2.38. The van der Waals surface area contributed by atoms with Gasteiger partial charge in [-0.2, -0.15) is 0 Å². The highest BCUT2D eigenvalue weighted by molar-refractivity contribution is 6.31. The van der Waals surface area contributed by atoms with E-state index in [0.29, 0.717) is 12.6 Å². The van der Waals surface area contributed by atoms with Crippen LogP contribution in [-0.2, 0) is 6.42 Å². The van der Waals surface area contributed by atoms with Crippen molar-refractivity contribution in [3.63, 3.8) is 0 Å². The second-order valence-electron chi connectivity index (χ2n) is 5.38. The third-order valence-electron chi connectivity index (χ3n) is 4.11. The van der Waals surface area contributed by atoms with E-state index in [2.05, 4.69) is 28.3 Å². The quantitative estimate of drug-likeness (QED) is 0.755. The minimum absolute atomic E-state index is 0.172. The zero-order chi connectivity index (χ0) is 14.1. The number of aromatic nitrogens is 1. The average Bonchev–Trinajstić information content (AvgIpc) is 2.79. The highest BCUT2D eigenvalue weighted by atomic mass is 35.5. The number of aliphatic hydroxyl groups excluding tert-OH is 1. The van der Waals surface area contributed by atoms with Crippen LogP contribution in [-0.4, -0.2) is 48.3 Å². The molecule has 0 aliphatic carbocycles. The van der Waals surface area contributed by atoms with E-state index in [-0.39, 0.29) is 6.61 Å². The number of nitrogens with zero attached hydrogens (tertiary/aromatic N) is 1. The van der Waals surface area contributed by atoms with Crippen LogP contribution in [0, 0.1) is 0 Å². The lowest BCUT2D eigenvalue weighted by molar-refractivity contribution is 0.214. The number of fused-ring (bicyclic) bond motifs is 3. The standard InChI is InChI=1S/C15H20ClN3O/c1-19-6-4-11-12-8-10(16)2-3-13(12)18-15(11)14(19)9-17-5-7-20/h2-3,8,14,17-18,20H,4-7,9H2,1H3. The Balaban J connectivity index is 1.97. The first-order valence-electron chi connectivity index (χ1n) is 7.02. The van der Waals surface area contributed by atoms with Gasteiger partial charge in [0, 0.05) is 41.3 Å². The van der Waals surface area contributed by atoms with Crippen molar-refractivity contribution in [2.45, 2.75) is 12.5 Å². The molecule has 2 aromatic rings. The Hall–Kier alpha value is -1.07. The molecule has 0 bridgehead atoms. The van der Waals surface area contributed by atoms with Gasteiger partial charge < -0.3 is 15.4 Å². The number of nitrogens with one attached hydrogen (secondary N) is 2. The van der Waals surface area contributed by atoms with Gasteiger partial charge in [0.05, 0.1) is 12.6 Å². The molecule has 1 atom stereocenters. The molecule has 108 valence electrons.